The molecule has 0 atom stereocenters. The number of fused-ring (bicyclic) bond motifs is 1. The van der Waals surface area contributed by atoms with E-state index in [0.717, 1.165) is 5.56 Å². The summed E-state index contributed by atoms with van der Waals surface area (Å²) < 4.78 is 28.3. The molecule has 4 aromatic rings. The molecule has 9 heteroatoms. The summed E-state index contributed by atoms with van der Waals surface area (Å²) in [4.78, 5) is 29.3. The number of benzene rings is 3. The SMILES string of the molecule is Cc1ccccc1NC(=O)c1ccccc1NS(=O)(=O)c1ccc2[nH]c(=O)[nH]c2c1. The molecular weight excluding hydrogens is 404 g/mol. The first kappa shape index (κ1) is 19.5. The second kappa shape index (κ2) is 7.53. The predicted octanol–water partition coefficient (Wildman–Crippen LogP) is 3.22. The molecule has 0 aliphatic carbocycles. The van der Waals surface area contributed by atoms with E-state index in [9.17, 15) is 18.0 Å². The van der Waals surface area contributed by atoms with E-state index in [1.165, 1.54) is 30.3 Å². The molecule has 0 saturated heterocycles. The molecule has 8 nitrogen and oxygen atoms in total. The van der Waals surface area contributed by atoms with Crippen LogP contribution in [0.1, 0.15) is 15.9 Å². The summed E-state index contributed by atoms with van der Waals surface area (Å²) in [5, 5.41) is 2.80. The van der Waals surface area contributed by atoms with E-state index in [-0.39, 0.29) is 16.1 Å². The standard InChI is InChI=1S/C21H18N4O4S/c1-13-6-2-4-8-16(13)22-20(26)15-7-3-5-9-17(15)25-30(28,29)14-10-11-18-19(12-14)24-21(27)23-18/h2-12,25H,1H3,(H,22,26)(H2,23,24,27). The van der Waals surface area contributed by atoms with Crippen molar-refractivity contribution in [3.63, 3.8) is 0 Å². The van der Waals surface area contributed by atoms with Crippen LogP contribution in [0.4, 0.5) is 11.4 Å². The first-order valence-electron chi connectivity index (χ1n) is 9.04. The largest absolute Gasteiger partial charge is 0.323 e. The summed E-state index contributed by atoms with van der Waals surface area (Å²) in [6.07, 6.45) is 0. The summed E-state index contributed by atoms with van der Waals surface area (Å²) in [5.41, 5.74) is 2.29. The lowest BCUT2D eigenvalue weighted by Gasteiger charge is -2.13. The van der Waals surface area contributed by atoms with Gasteiger partial charge in [0.1, 0.15) is 0 Å². The summed E-state index contributed by atoms with van der Waals surface area (Å²) in [6.45, 7) is 1.87. The first-order valence-corrected chi connectivity index (χ1v) is 10.5. The molecule has 152 valence electrons. The van der Waals surface area contributed by atoms with E-state index >= 15 is 0 Å². The van der Waals surface area contributed by atoms with Crippen LogP contribution in [0.15, 0.2) is 76.4 Å². The van der Waals surface area contributed by atoms with Crippen molar-refractivity contribution in [2.45, 2.75) is 11.8 Å². The number of hydrogen-bond acceptors (Lipinski definition) is 4. The van der Waals surface area contributed by atoms with Crippen LogP contribution >= 0.6 is 0 Å². The molecule has 0 aliphatic heterocycles. The molecule has 30 heavy (non-hydrogen) atoms. The third-order valence-electron chi connectivity index (χ3n) is 4.61. The average Bonchev–Trinajstić information content (AvgIpc) is 3.09. The van der Waals surface area contributed by atoms with Gasteiger partial charge in [0, 0.05) is 5.69 Å². The summed E-state index contributed by atoms with van der Waals surface area (Å²) in [7, 11) is -4.00. The maximum atomic E-state index is 12.9. The Labute approximate surface area is 172 Å². The maximum Gasteiger partial charge on any atom is 0.323 e. The number of aryl methyl sites for hydroxylation is 1. The Balaban J connectivity index is 1.65. The van der Waals surface area contributed by atoms with E-state index in [2.05, 4.69) is 20.0 Å². The van der Waals surface area contributed by atoms with Gasteiger partial charge >= 0.3 is 5.69 Å². The van der Waals surface area contributed by atoms with Crippen molar-refractivity contribution in [2.24, 2.45) is 0 Å². The highest BCUT2D eigenvalue weighted by Crippen LogP contribution is 2.23. The Kier molecular flexibility index (Phi) is 4.88. The van der Waals surface area contributed by atoms with Crippen molar-refractivity contribution in [2.75, 3.05) is 10.0 Å². The minimum atomic E-state index is -4.00. The van der Waals surface area contributed by atoms with E-state index in [4.69, 9.17) is 0 Å². The molecule has 0 saturated carbocycles. The molecule has 0 aliphatic rings. The van der Waals surface area contributed by atoms with Gasteiger partial charge in [-0.2, -0.15) is 0 Å². The number of hydrogen-bond donors (Lipinski definition) is 4. The number of rotatable bonds is 5. The number of sulfonamides is 1. The van der Waals surface area contributed by atoms with E-state index < -0.39 is 21.6 Å². The zero-order chi connectivity index (χ0) is 21.3. The predicted molar refractivity (Wildman–Crippen MR) is 115 cm³/mol. The Hall–Kier alpha value is -3.85. The lowest BCUT2D eigenvalue weighted by Crippen LogP contribution is -2.19. The van der Waals surface area contributed by atoms with Gasteiger partial charge in [0.05, 0.1) is 27.2 Å². The van der Waals surface area contributed by atoms with E-state index in [1.54, 1.807) is 24.3 Å². The molecule has 0 fully saturated rings. The fourth-order valence-corrected chi connectivity index (χ4v) is 4.16. The fraction of sp³-hybridized carbons (Fsp3) is 0.0476. The van der Waals surface area contributed by atoms with E-state index in [1.807, 2.05) is 19.1 Å². The molecule has 1 heterocycles. The number of carbonyl (C=O) groups is 1. The lowest BCUT2D eigenvalue weighted by atomic mass is 10.1. The van der Waals surface area contributed by atoms with Crippen LogP contribution in [-0.4, -0.2) is 24.3 Å². The van der Waals surface area contributed by atoms with Crippen LogP contribution in [0.2, 0.25) is 0 Å². The van der Waals surface area contributed by atoms with Gasteiger partial charge < -0.3 is 15.3 Å². The van der Waals surface area contributed by atoms with Gasteiger partial charge in [-0.05, 0) is 48.9 Å². The third kappa shape index (κ3) is 3.83. The van der Waals surface area contributed by atoms with Gasteiger partial charge in [-0.25, -0.2) is 13.2 Å². The number of amides is 1. The number of H-pyrrole nitrogens is 2. The molecule has 4 rings (SSSR count). The third-order valence-corrected chi connectivity index (χ3v) is 5.97. The molecule has 1 amide bonds. The Bertz CT molecular complexity index is 1420. The molecule has 4 N–H and O–H groups in total. The van der Waals surface area contributed by atoms with Gasteiger partial charge in [-0.1, -0.05) is 30.3 Å². The first-order chi connectivity index (χ1) is 14.3. The molecule has 0 unspecified atom stereocenters. The van der Waals surface area contributed by atoms with Crippen molar-refractivity contribution in [3.05, 3.63) is 88.3 Å². The van der Waals surface area contributed by atoms with Crippen LogP contribution in [0, 0.1) is 6.92 Å². The zero-order valence-corrected chi connectivity index (χ0v) is 16.7. The number of anilines is 2. The van der Waals surface area contributed by atoms with Crippen LogP contribution in [-0.2, 0) is 10.0 Å². The molecule has 0 spiro atoms. The molecule has 0 radical (unpaired) electrons. The molecule has 1 aromatic heterocycles. The number of aromatic nitrogens is 2. The van der Waals surface area contributed by atoms with Crippen LogP contribution in [0.3, 0.4) is 0 Å². The Morgan fingerprint density at radius 3 is 2.30 bits per heavy atom. The number of nitrogens with one attached hydrogen (secondary N) is 4. The normalized spacial score (nSPS) is 11.4. The number of carbonyl (C=O) groups excluding carboxylic acids is 1. The molecular formula is C21H18N4O4S. The highest BCUT2D eigenvalue weighted by atomic mass is 32.2. The second-order valence-electron chi connectivity index (χ2n) is 6.71. The van der Waals surface area contributed by atoms with Gasteiger partial charge in [0.25, 0.3) is 15.9 Å². The second-order valence-corrected chi connectivity index (χ2v) is 8.39. The van der Waals surface area contributed by atoms with Crippen molar-refractivity contribution in [1.29, 1.82) is 0 Å². The van der Waals surface area contributed by atoms with Crippen molar-refractivity contribution < 1.29 is 13.2 Å². The fourth-order valence-electron chi connectivity index (χ4n) is 3.06. The molecule has 0 bridgehead atoms. The summed E-state index contributed by atoms with van der Waals surface area (Å²) in [5.74, 6) is -0.437. The summed E-state index contributed by atoms with van der Waals surface area (Å²) >= 11 is 0. The van der Waals surface area contributed by atoms with Crippen molar-refractivity contribution in [3.8, 4) is 0 Å². The maximum absolute atomic E-state index is 12.9. The monoisotopic (exact) mass is 422 g/mol. The van der Waals surface area contributed by atoms with Crippen molar-refractivity contribution in [1.82, 2.24) is 9.97 Å². The number of imidazole rings is 1. The number of aromatic amines is 2. The Morgan fingerprint density at radius 1 is 0.867 bits per heavy atom. The average molecular weight is 422 g/mol. The van der Waals surface area contributed by atoms with Crippen LogP contribution in [0.5, 0.6) is 0 Å². The number of para-hydroxylation sites is 2. The summed E-state index contributed by atoms with van der Waals surface area (Å²) in [6, 6.07) is 17.9. The van der Waals surface area contributed by atoms with Crippen LogP contribution in [0.25, 0.3) is 11.0 Å². The smallest absolute Gasteiger partial charge is 0.322 e. The molecule has 3 aromatic carbocycles. The topological polar surface area (TPSA) is 124 Å². The Morgan fingerprint density at radius 2 is 1.53 bits per heavy atom. The lowest BCUT2D eigenvalue weighted by molar-refractivity contribution is 0.102. The van der Waals surface area contributed by atoms with E-state index in [0.29, 0.717) is 16.7 Å². The highest BCUT2D eigenvalue weighted by Gasteiger charge is 2.19. The van der Waals surface area contributed by atoms with Gasteiger partial charge in [-0.15, -0.1) is 0 Å². The van der Waals surface area contributed by atoms with Crippen molar-refractivity contribution >= 4 is 38.3 Å². The zero-order valence-electron chi connectivity index (χ0n) is 15.9. The van der Waals surface area contributed by atoms with Gasteiger partial charge in [-0.3, -0.25) is 9.52 Å². The minimum absolute atomic E-state index is 0.0423. The highest BCUT2D eigenvalue weighted by molar-refractivity contribution is 7.92. The quantitative estimate of drug-likeness (QED) is 0.394. The van der Waals surface area contributed by atoms with Gasteiger partial charge in [0.2, 0.25) is 0 Å². The van der Waals surface area contributed by atoms with Gasteiger partial charge in [0.15, 0.2) is 0 Å². The minimum Gasteiger partial charge on any atom is -0.322 e. The van der Waals surface area contributed by atoms with Crippen LogP contribution < -0.4 is 15.7 Å².